The molecule has 9 nitrogen and oxygen atoms in total. The van der Waals surface area contributed by atoms with Gasteiger partial charge in [0, 0.05) is 45.9 Å². The second kappa shape index (κ2) is 9.71. The lowest BCUT2D eigenvalue weighted by molar-refractivity contribution is 0.0239. The molecular formula is C18H33N5O4S. The fourth-order valence-corrected chi connectivity index (χ4v) is 4.49. The van der Waals surface area contributed by atoms with Crippen LogP contribution >= 0.6 is 0 Å². The van der Waals surface area contributed by atoms with Crippen LogP contribution in [0, 0.1) is 5.41 Å². The Morgan fingerprint density at radius 1 is 1.36 bits per heavy atom. The van der Waals surface area contributed by atoms with Gasteiger partial charge < -0.3 is 19.5 Å². The van der Waals surface area contributed by atoms with Gasteiger partial charge in [0.05, 0.1) is 18.3 Å². The summed E-state index contributed by atoms with van der Waals surface area (Å²) in [4.78, 5) is 6.84. The second-order valence-corrected chi connectivity index (χ2v) is 9.89. The first kappa shape index (κ1) is 22.6. The number of sulfonamides is 1. The van der Waals surface area contributed by atoms with E-state index in [0.29, 0.717) is 38.4 Å². The number of rotatable bonds is 7. The van der Waals surface area contributed by atoms with E-state index in [1.165, 1.54) is 10.6 Å². The highest BCUT2D eigenvalue weighted by molar-refractivity contribution is 7.88. The maximum atomic E-state index is 12.6. The normalized spacial score (nSPS) is 18.3. The van der Waals surface area contributed by atoms with E-state index >= 15 is 0 Å². The number of aliphatic imine (C=N–C) groups is 1. The second-order valence-electron chi connectivity index (χ2n) is 7.92. The van der Waals surface area contributed by atoms with Crippen LogP contribution < -0.4 is 5.32 Å². The Hall–Kier alpha value is -1.65. The molecule has 2 heterocycles. The molecule has 160 valence electrons. The highest BCUT2D eigenvalue weighted by atomic mass is 32.2. The van der Waals surface area contributed by atoms with E-state index in [1.807, 2.05) is 6.92 Å². The maximum absolute atomic E-state index is 12.6. The van der Waals surface area contributed by atoms with Gasteiger partial charge in [-0.05, 0) is 12.3 Å². The molecule has 10 heteroatoms. The molecule has 1 aliphatic heterocycles. The van der Waals surface area contributed by atoms with Crippen LogP contribution in [0.25, 0.3) is 0 Å². The average molecular weight is 416 g/mol. The fourth-order valence-electron chi connectivity index (χ4n) is 3.07. The van der Waals surface area contributed by atoms with E-state index in [4.69, 9.17) is 14.3 Å². The Morgan fingerprint density at radius 2 is 2.04 bits per heavy atom. The molecule has 0 radical (unpaired) electrons. The molecule has 0 aliphatic carbocycles. The highest BCUT2D eigenvalue weighted by Crippen LogP contribution is 2.22. The number of methoxy groups -OCH3 is 1. The standard InChI is InChI=1S/C18H33N5O4S/c1-6-19-17(20-13-16(26-5)18(2,3)4)22-8-10-23(11-9-22)28(24,25)14-15-7-12-27-21-15/h7,12,16H,6,8-11,13-14H2,1-5H3,(H,19,20). The molecule has 1 aliphatic rings. The lowest BCUT2D eigenvalue weighted by Crippen LogP contribution is -2.54. The third kappa shape index (κ3) is 6.18. The third-order valence-corrected chi connectivity index (χ3v) is 6.56. The molecule has 1 saturated heterocycles. The molecule has 1 unspecified atom stereocenters. The number of guanidine groups is 1. The maximum Gasteiger partial charge on any atom is 0.220 e. The van der Waals surface area contributed by atoms with Crippen LogP contribution in [0.1, 0.15) is 33.4 Å². The van der Waals surface area contributed by atoms with Gasteiger partial charge >= 0.3 is 0 Å². The summed E-state index contributed by atoms with van der Waals surface area (Å²) in [6, 6.07) is 1.57. The molecular weight excluding hydrogens is 382 g/mol. The fraction of sp³-hybridized carbons (Fsp3) is 0.778. The number of aromatic nitrogens is 1. The molecule has 1 aromatic rings. The van der Waals surface area contributed by atoms with Crippen LogP contribution in [-0.4, -0.2) is 81.2 Å². The molecule has 1 fully saturated rings. The van der Waals surface area contributed by atoms with Gasteiger partial charge in [-0.1, -0.05) is 25.9 Å². The largest absolute Gasteiger partial charge is 0.379 e. The summed E-state index contributed by atoms with van der Waals surface area (Å²) in [7, 11) is -1.71. The van der Waals surface area contributed by atoms with Gasteiger partial charge in [0.15, 0.2) is 5.96 Å². The number of piperazine rings is 1. The number of hydrogen-bond acceptors (Lipinski definition) is 6. The zero-order valence-corrected chi connectivity index (χ0v) is 18.3. The summed E-state index contributed by atoms with van der Waals surface area (Å²) in [5.41, 5.74) is 0.411. The van der Waals surface area contributed by atoms with Crippen molar-refractivity contribution in [2.75, 3.05) is 46.4 Å². The van der Waals surface area contributed by atoms with Gasteiger partial charge in [-0.2, -0.15) is 4.31 Å². The van der Waals surface area contributed by atoms with E-state index in [9.17, 15) is 8.42 Å². The summed E-state index contributed by atoms with van der Waals surface area (Å²) in [6.07, 6.45) is 1.39. The minimum Gasteiger partial charge on any atom is -0.379 e. The van der Waals surface area contributed by atoms with E-state index in [2.05, 4.69) is 36.1 Å². The number of ether oxygens (including phenoxy) is 1. The van der Waals surface area contributed by atoms with Crippen LogP contribution in [0.15, 0.2) is 21.8 Å². The first-order valence-electron chi connectivity index (χ1n) is 9.60. The van der Waals surface area contributed by atoms with Crippen molar-refractivity contribution in [1.29, 1.82) is 0 Å². The minimum absolute atomic E-state index is 0.00489. The number of nitrogens with zero attached hydrogens (tertiary/aromatic N) is 4. The minimum atomic E-state index is -3.41. The van der Waals surface area contributed by atoms with Gasteiger partial charge in [0.25, 0.3) is 0 Å². The topological polar surface area (TPSA) is 100 Å². The van der Waals surface area contributed by atoms with Crippen molar-refractivity contribution in [3.05, 3.63) is 18.0 Å². The Kier molecular flexibility index (Phi) is 7.85. The SMILES string of the molecule is CCNC(=NCC(OC)C(C)(C)C)N1CCN(S(=O)(=O)Cc2ccon2)CC1. The van der Waals surface area contributed by atoms with Crippen molar-refractivity contribution < 1.29 is 17.7 Å². The Morgan fingerprint density at radius 3 is 2.54 bits per heavy atom. The van der Waals surface area contributed by atoms with Gasteiger partial charge in [-0.25, -0.2) is 8.42 Å². The molecule has 0 amide bonds. The van der Waals surface area contributed by atoms with Gasteiger partial charge in [-0.3, -0.25) is 4.99 Å². The van der Waals surface area contributed by atoms with Crippen LogP contribution in [0.2, 0.25) is 0 Å². The lowest BCUT2D eigenvalue weighted by atomic mass is 9.89. The van der Waals surface area contributed by atoms with Crippen molar-refractivity contribution in [3.8, 4) is 0 Å². The van der Waals surface area contributed by atoms with E-state index in [1.54, 1.807) is 13.2 Å². The van der Waals surface area contributed by atoms with Gasteiger partial charge in [-0.15, -0.1) is 0 Å². The van der Waals surface area contributed by atoms with E-state index in [-0.39, 0.29) is 17.3 Å². The van der Waals surface area contributed by atoms with Crippen LogP contribution in [0.3, 0.4) is 0 Å². The molecule has 0 aromatic carbocycles. The quantitative estimate of drug-likeness (QED) is 0.527. The molecule has 28 heavy (non-hydrogen) atoms. The molecule has 0 spiro atoms. The summed E-state index contributed by atoms with van der Waals surface area (Å²) in [5, 5.41) is 7.00. The number of nitrogens with one attached hydrogen (secondary N) is 1. The molecule has 0 saturated carbocycles. The lowest BCUT2D eigenvalue weighted by Gasteiger charge is -2.36. The summed E-state index contributed by atoms with van der Waals surface area (Å²) in [6.45, 7) is 11.7. The van der Waals surface area contributed by atoms with Gasteiger partial charge in [0.2, 0.25) is 10.0 Å². The first-order chi connectivity index (χ1) is 13.2. The Bertz CT molecular complexity index is 720. The Balaban J connectivity index is 1.99. The number of hydrogen-bond donors (Lipinski definition) is 1. The summed E-state index contributed by atoms with van der Waals surface area (Å²) >= 11 is 0. The molecule has 1 aromatic heterocycles. The molecule has 0 bridgehead atoms. The first-order valence-corrected chi connectivity index (χ1v) is 11.2. The van der Waals surface area contributed by atoms with Crippen molar-refractivity contribution in [3.63, 3.8) is 0 Å². The zero-order chi connectivity index (χ0) is 20.8. The van der Waals surface area contributed by atoms with Crippen LogP contribution in [0.4, 0.5) is 0 Å². The average Bonchev–Trinajstić information content (AvgIpc) is 3.12. The summed E-state index contributed by atoms with van der Waals surface area (Å²) < 4.78 is 37.0. The molecule has 1 N–H and O–H groups in total. The van der Waals surface area contributed by atoms with E-state index < -0.39 is 10.0 Å². The van der Waals surface area contributed by atoms with Gasteiger partial charge in [0.1, 0.15) is 12.0 Å². The van der Waals surface area contributed by atoms with Crippen LogP contribution in [-0.2, 0) is 20.5 Å². The molecule has 2 rings (SSSR count). The predicted molar refractivity (Wildman–Crippen MR) is 109 cm³/mol. The summed E-state index contributed by atoms with van der Waals surface area (Å²) in [5.74, 6) is 0.654. The highest BCUT2D eigenvalue weighted by Gasteiger charge is 2.29. The molecule has 1 atom stereocenters. The monoisotopic (exact) mass is 415 g/mol. The van der Waals surface area contributed by atoms with Crippen molar-refractivity contribution in [2.45, 2.75) is 39.6 Å². The zero-order valence-electron chi connectivity index (χ0n) is 17.5. The third-order valence-electron chi connectivity index (χ3n) is 4.75. The van der Waals surface area contributed by atoms with Crippen molar-refractivity contribution >= 4 is 16.0 Å². The predicted octanol–water partition coefficient (Wildman–Crippen LogP) is 1.15. The van der Waals surface area contributed by atoms with Crippen molar-refractivity contribution in [2.24, 2.45) is 10.4 Å². The van der Waals surface area contributed by atoms with Crippen LogP contribution in [0.5, 0.6) is 0 Å². The smallest absolute Gasteiger partial charge is 0.220 e. The Labute approximate surface area is 168 Å². The van der Waals surface area contributed by atoms with Crippen molar-refractivity contribution in [1.82, 2.24) is 19.7 Å². The van der Waals surface area contributed by atoms with E-state index in [0.717, 1.165) is 12.5 Å².